The molecule has 9 heteroatoms. The van der Waals surface area contributed by atoms with Crippen molar-refractivity contribution in [3.05, 3.63) is 79.9 Å². The van der Waals surface area contributed by atoms with Crippen molar-refractivity contribution in [1.82, 2.24) is 8.75 Å². The summed E-state index contributed by atoms with van der Waals surface area (Å²) in [6.45, 7) is 12.4. The standard InChI is InChI=1S/C26H26N4O4S/c1-25(2,3)17-11-7-15(8-12-17)19-21-22(28-35-27-21)20(24(30(33)34)23(19)29(31)32)16-9-13-18(14-10-16)26(4,5)6/h7-14H,1-6H3. The Labute approximate surface area is 207 Å². The summed E-state index contributed by atoms with van der Waals surface area (Å²) in [5.41, 5.74) is 2.47. The molecule has 0 spiro atoms. The second-order valence-electron chi connectivity index (χ2n) is 10.6. The molecule has 4 rings (SSSR count). The molecule has 0 unspecified atom stereocenters. The van der Waals surface area contributed by atoms with Crippen LogP contribution in [-0.4, -0.2) is 18.6 Å². The molecule has 0 aliphatic heterocycles. The predicted octanol–water partition coefficient (Wildman–Crippen LogP) is 7.44. The van der Waals surface area contributed by atoms with Crippen molar-refractivity contribution in [3.8, 4) is 22.3 Å². The third kappa shape index (κ3) is 4.39. The van der Waals surface area contributed by atoms with Gasteiger partial charge in [-0.2, -0.15) is 8.75 Å². The largest absolute Gasteiger partial charge is 0.356 e. The number of fused-ring (bicyclic) bond motifs is 1. The third-order valence-corrected chi connectivity index (χ3v) is 6.63. The van der Waals surface area contributed by atoms with Crippen LogP contribution in [0.1, 0.15) is 52.7 Å². The van der Waals surface area contributed by atoms with E-state index < -0.39 is 21.2 Å². The number of rotatable bonds is 4. The van der Waals surface area contributed by atoms with Crippen molar-refractivity contribution in [3.63, 3.8) is 0 Å². The van der Waals surface area contributed by atoms with Crippen molar-refractivity contribution in [2.45, 2.75) is 52.4 Å². The van der Waals surface area contributed by atoms with E-state index in [4.69, 9.17) is 0 Å². The zero-order valence-electron chi connectivity index (χ0n) is 20.4. The van der Waals surface area contributed by atoms with E-state index in [1.807, 2.05) is 24.3 Å². The Kier molecular flexibility index (Phi) is 5.92. The van der Waals surface area contributed by atoms with E-state index in [1.54, 1.807) is 24.3 Å². The van der Waals surface area contributed by atoms with Gasteiger partial charge in [0.25, 0.3) is 0 Å². The van der Waals surface area contributed by atoms with Crippen LogP contribution in [0.5, 0.6) is 0 Å². The number of nitro benzene ring substituents is 2. The maximum absolute atomic E-state index is 12.3. The van der Waals surface area contributed by atoms with Gasteiger partial charge in [-0.3, -0.25) is 20.2 Å². The Morgan fingerprint density at radius 1 is 0.629 bits per heavy atom. The summed E-state index contributed by atoms with van der Waals surface area (Å²) in [7, 11) is 0. The number of hydrogen-bond acceptors (Lipinski definition) is 7. The number of nitro groups is 2. The first-order valence-corrected chi connectivity index (χ1v) is 11.9. The van der Waals surface area contributed by atoms with Gasteiger partial charge >= 0.3 is 11.4 Å². The molecule has 4 aromatic rings. The topological polar surface area (TPSA) is 112 Å². The molecule has 0 atom stereocenters. The van der Waals surface area contributed by atoms with E-state index in [-0.39, 0.29) is 33.0 Å². The van der Waals surface area contributed by atoms with Gasteiger partial charge in [0.05, 0.1) is 32.7 Å². The van der Waals surface area contributed by atoms with Crippen LogP contribution in [0.2, 0.25) is 0 Å². The van der Waals surface area contributed by atoms with Crippen LogP contribution in [0.3, 0.4) is 0 Å². The summed E-state index contributed by atoms with van der Waals surface area (Å²) in [5, 5.41) is 24.7. The van der Waals surface area contributed by atoms with Crippen LogP contribution >= 0.6 is 11.7 Å². The fourth-order valence-electron chi connectivity index (χ4n) is 4.15. The minimum Gasteiger partial charge on any atom is -0.258 e. The van der Waals surface area contributed by atoms with Gasteiger partial charge in [0, 0.05) is 0 Å². The van der Waals surface area contributed by atoms with Crippen LogP contribution in [0.25, 0.3) is 33.3 Å². The monoisotopic (exact) mass is 490 g/mol. The van der Waals surface area contributed by atoms with Crippen molar-refractivity contribution in [2.75, 3.05) is 0 Å². The molecular weight excluding hydrogens is 464 g/mol. The number of aromatic nitrogens is 2. The SMILES string of the molecule is CC(C)(C)c1ccc(-c2c([N+](=O)[O-])c([N+](=O)[O-])c(-c3ccc(C(C)(C)C)cc3)c3nsnc23)cc1. The van der Waals surface area contributed by atoms with Gasteiger partial charge in [0.2, 0.25) is 0 Å². The summed E-state index contributed by atoms with van der Waals surface area (Å²) in [6.07, 6.45) is 0. The van der Waals surface area contributed by atoms with Crippen LogP contribution in [0.4, 0.5) is 11.4 Å². The van der Waals surface area contributed by atoms with Gasteiger partial charge in [-0.15, -0.1) is 0 Å². The number of hydrogen-bond donors (Lipinski definition) is 0. The summed E-state index contributed by atoms with van der Waals surface area (Å²) in [4.78, 5) is 23.3. The van der Waals surface area contributed by atoms with Crippen molar-refractivity contribution >= 4 is 34.1 Å². The molecule has 35 heavy (non-hydrogen) atoms. The minimum absolute atomic E-state index is 0.112. The maximum Gasteiger partial charge on any atom is 0.356 e. The molecule has 0 amide bonds. The molecule has 0 saturated heterocycles. The summed E-state index contributed by atoms with van der Waals surface area (Å²) >= 11 is 0.881. The molecule has 0 aliphatic carbocycles. The molecule has 0 radical (unpaired) electrons. The van der Waals surface area contributed by atoms with Crippen LogP contribution < -0.4 is 0 Å². The molecule has 0 saturated carbocycles. The molecular formula is C26H26N4O4S. The zero-order valence-corrected chi connectivity index (χ0v) is 21.3. The lowest BCUT2D eigenvalue weighted by atomic mass is 9.85. The molecule has 0 aliphatic rings. The normalized spacial score (nSPS) is 12.2. The fourth-order valence-corrected chi connectivity index (χ4v) is 4.71. The first-order valence-electron chi connectivity index (χ1n) is 11.1. The number of benzene rings is 3. The smallest absolute Gasteiger partial charge is 0.258 e. The maximum atomic E-state index is 12.3. The molecule has 0 bridgehead atoms. The summed E-state index contributed by atoms with van der Waals surface area (Å²) in [5.74, 6) is 0. The molecule has 180 valence electrons. The van der Waals surface area contributed by atoms with Gasteiger partial charge in [0.1, 0.15) is 11.0 Å². The molecule has 0 fully saturated rings. The van der Waals surface area contributed by atoms with E-state index in [0.717, 1.165) is 22.9 Å². The zero-order chi connectivity index (χ0) is 25.7. The Hall–Kier alpha value is -3.72. The average Bonchev–Trinajstić information content (AvgIpc) is 3.25. The highest BCUT2D eigenvalue weighted by molar-refractivity contribution is 7.00. The van der Waals surface area contributed by atoms with Crippen LogP contribution in [-0.2, 0) is 10.8 Å². The Bertz CT molecular complexity index is 1340. The molecule has 0 N–H and O–H groups in total. The lowest BCUT2D eigenvalue weighted by Gasteiger charge is -2.19. The summed E-state index contributed by atoms with van der Waals surface area (Å²) in [6, 6.07) is 14.6. The highest BCUT2D eigenvalue weighted by atomic mass is 32.1. The molecule has 8 nitrogen and oxygen atoms in total. The van der Waals surface area contributed by atoms with Gasteiger partial charge in [-0.05, 0) is 33.1 Å². The first-order chi connectivity index (χ1) is 16.3. The lowest BCUT2D eigenvalue weighted by Crippen LogP contribution is -2.10. The Morgan fingerprint density at radius 3 is 1.20 bits per heavy atom. The van der Waals surface area contributed by atoms with Crippen molar-refractivity contribution < 1.29 is 9.85 Å². The highest BCUT2D eigenvalue weighted by Gasteiger charge is 2.38. The number of nitrogens with zero attached hydrogens (tertiary/aromatic N) is 4. The fraction of sp³-hybridized carbons (Fsp3) is 0.308. The van der Waals surface area contributed by atoms with Crippen LogP contribution in [0.15, 0.2) is 48.5 Å². The van der Waals surface area contributed by atoms with E-state index in [9.17, 15) is 20.2 Å². The van der Waals surface area contributed by atoms with Crippen molar-refractivity contribution in [2.24, 2.45) is 0 Å². The second-order valence-corrected chi connectivity index (χ2v) is 11.1. The minimum atomic E-state index is -0.684. The van der Waals surface area contributed by atoms with Crippen LogP contribution in [0, 0.1) is 20.2 Å². The second kappa shape index (κ2) is 8.49. The molecule has 1 aromatic heterocycles. The van der Waals surface area contributed by atoms with E-state index >= 15 is 0 Å². The van der Waals surface area contributed by atoms with E-state index in [0.29, 0.717) is 11.1 Å². The van der Waals surface area contributed by atoms with E-state index in [1.165, 1.54) is 0 Å². The van der Waals surface area contributed by atoms with Gasteiger partial charge < -0.3 is 0 Å². The van der Waals surface area contributed by atoms with E-state index in [2.05, 4.69) is 50.3 Å². The Morgan fingerprint density at radius 2 is 0.943 bits per heavy atom. The third-order valence-electron chi connectivity index (χ3n) is 6.10. The molecule has 1 heterocycles. The highest BCUT2D eigenvalue weighted by Crippen LogP contribution is 2.49. The van der Waals surface area contributed by atoms with Gasteiger partial charge in [0.15, 0.2) is 0 Å². The quantitative estimate of drug-likeness (QED) is 0.217. The first kappa shape index (κ1) is 24.4. The lowest BCUT2D eigenvalue weighted by molar-refractivity contribution is -0.421. The summed E-state index contributed by atoms with van der Waals surface area (Å²) < 4.78 is 8.71. The average molecular weight is 491 g/mol. The van der Waals surface area contributed by atoms with Gasteiger partial charge in [-0.25, -0.2) is 0 Å². The Balaban J connectivity index is 2.07. The molecule has 3 aromatic carbocycles. The predicted molar refractivity (Wildman–Crippen MR) is 139 cm³/mol. The van der Waals surface area contributed by atoms with Crippen molar-refractivity contribution in [1.29, 1.82) is 0 Å². The van der Waals surface area contributed by atoms with Gasteiger partial charge in [-0.1, -0.05) is 90.1 Å².